The summed E-state index contributed by atoms with van der Waals surface area (Å²) in [6, 6.07) is 0. The van der Waals surface area contributed by atoms with Gasteiger partial charge in [-0.05, 0) is 18.5 Å². The third kappa shape index (κ3) is 2.72. The molecular weight excluding hydrogens is 284 g/mol. The molecule has 0 aromatic carbocycles. The van der Waals surface area contributed by atoms with Gasteiger partial charge in [-0.15, -0.1) is 0 Å². The van der Waals surface area contributed by atoms with Crippen molar-refractivity contribution < 1.29 is 4.52 Å². The van der Waals surface area contributed by atoms with Crippen LogP contribution in [0.25, 0.3) is 5.95 Å². The fourth-order valence-electron chi connectivity index (χ4n) is 1.48. The zero-order valence-electron chi connectivity index (χ0n) is 10.4. The third-order valence-electron chi connectivity index (χ3n) is 2.30. The van der Waals surface area contributed by atoms with E-state index in [0.29, 0.717) is 30.2 Å². The number of imidazole rings is 1. The summed E-state index contributed by atoms with van der Waals surface area (Å²) < 4.78 is 6.60. The van der Waals surface area contributed by atoms with Crippen molar-refractivity contribution in [1.29, 1.82) is 0 Å². The van der Waals surface area contributed by atoms with E-state index in [0.717, 1.165) is 0 Å². The van der Waals surface area contributed by atoms with Gasteiger partial charge in [-0.1, -0.05) is 5.16 Å². The highest BCUT2D eigenvalue weighted by Gasteiger charge is 2.08. The number of halogens is 1. The van der Waals surface area contributed by atoms with E-state index in [1.54, 1.807) is 30.2 Å². The zero-order valence-corrected chi connectivity index (χ0v) is 11.1. The molecule has 3 aromatic heterocycles. The Balaban J connectivity index is 1.79. The van der Waals surface area contributed by atoms with E-state index in [4.69, 9.17) is 16.1 Å². The van der Waals surface area contributed by atoms with Gasteiger partial charge < -0.3 is 9.84 Å². The summed E-state index contributed by atoms with van der Waals surface area (Å²) in [4.78, 5) is 20.2. The van der Waals surface area contributed by atoms with E-state index < -0.39 is 0 Å². The predicted molar refractivity (Wildman–Crippen MR) is 68.3 cm³/mol. The van der Waals surface area contributed by atoms with Crippen molar-refractivity contribution in [3.63, 3.8) is 0 Å². The lowest BCUT2D eigenvalue weighted by Gasteiger charge is -2.05. The molecule has 3 rings (SSSR count). The standard InChI is InChI=1S/C10H9ClN8O/c1-6-14-7(20-18-6)4-13-9-15-8(11)16-10(17-9)19-3-2-12-5-19/h2-3,5H,4H2,1H3,(H,13,15,16,17). The van der Waals surface area contributed by atoms with Gasteiger partial charge in [0.25, 0.3) is 0 Å². The van der Waals surface area contributed by atoms with E-state index in [-0.39, 0.29) is 5.28 Å². The van der Waals surface area contributed by atoms with Crippen LogP contribution >= 0.6 is 11.6 Å². The average molecular weight is 293 g/mol. The Morgan fingerprint density at radius 3 is 2.90 bits per heavy atom. The van der Waals surface area contributed by atoms with Crippen LogP contribution in [0.2, 0.25) is 5.28 Å². The molecule has 0 bridgehead atoms. The molecule has 0 fully saturated rings. The van der Waals surface area contributed by atoms with Crippen molar-refractivity contribution >= 4 is 17.5 Å². The lowest BCUT2D eigenvalue weighted by molar-refractivity contribution is 0.379. The summed E-state index contributed by atoms with van der Waals surface area (Å²) in [5.41, 5.74) is 0. The normalized spacial score (nSPS) is 10.7. The van der Waals surface area contributed by atoms with Gasteiger partial charge in [0.1, 0.15) is 6.33 Å². The van der Waals surface area contributed by atoms with E-state index in [9.17, 15) is 0 Å². The Labute approximate surface area is 118 Å². The Bertz CT molecular complexity index is 710. The second-order valence-electron chi connectivity index (χ2n) is 3.79. The Morgan fingerprint density at radius 2 is 2.20 bits per heavy atom. The number of rotatable bonds is 4. The smallest absolute Gasteiger partial charge is 0.246 e. The van der Waals surface area contributed by atoms with Gasteiger partial charge in [-0.3, -0.25) is 4.57 Å². The molecule has 1 N–H and O–H groups in total. The SMILES string of the molecule is Cc1noc(CNc2nc(Cl)nc(-n3ccnc3)n2)n1. The van der Waals surface area contributed by atoms with Crippen LogP contribution in [-0.4, -0.2) is 34.6 Å². The first-order chi connectivity index (χ1) is 9.70. The molecule has 0 aliphatic carbocycles. The Kier molecular flexibility index (Phi) is 3.25. The van der Waals surface area contributed by atoms with Crippen molar-refractivity contribution in [2.75, 3.05) is 5.32 Å². The molecule has 0 amide bonds. The van der Waals surface area contributed by atoms with Crippen molar-refractivity contribution in [1.82, 2.24) is 34.6 Å². The first-order valence-corrected chi connectivity index (χ1v) is 6.01. The lowest BCUT2D eigenvalue weighted by Crippen LogP contribution is -2.08. The number of hydrogen-bond acceptors (Lipinski definition) is 8. The molecule has 0 saturated heterocycles. The summed E-state index contributed by atoms with van der Waals surface area (Å²) in [5, 5.41) is 6.70. The van der Waals surface area contributed by atoms with E-state index in [1.807, 2.05) is 0 Å². The highest BCUT2D eigenvalue weighted by molar-refractivity contribution is 6.28. The maximum atomic E-state index is 5.87. The maximum absolute atomic E-state index is 5.87. The number of aryl methyl sites for hydroxylation is 1. The highest BCUT2D eigenvalue weighted by Crippen LogP contribution is 2.10. The van der Waals surface area contributed by atoms with Gasteiger partial charge in [0, 0.05) is 12.4 Å². The maximum Gasteiger partial charge on any atom is 0.246 e. The third-order valence-corrected chi connectivity index (χ3v) is 2.47. The highest BCUT2D eigenvalue weighted by atomic mass is 35.5. The summed E-state index contributed by atoms with van der Waals surface area (Å²) in [6.07, 6.45) is 4.89. The van der Waals surface area contributed by atoms with Gasteiger partial charge in [-0.2, -0.15) is 19.9 Å². The van der Waals surface area contributed by atoms with Crippen LogP contribution in [-0.2, 0) is 6.54 Å². The molecule has 0 aliphatic rings. The van der Waals surface area contributed by atoms with E-state index >= 15 is 0 Å². The second kappa shape index (κ2) is 5.21. The van der Waals surface area contributed by atoms with Crippen molar-refractivity contribution in [2.45, 2.75) is 13.5 Å². The predicted octanol–water partition coefficient (Wildman–Crippen LogP) is 1.01. The van der Waals surface area contributed by atoms with Crippen LogP contribution in [0.5, 0.6) is 0 Å². The molecule has 0 atom stereocenters. The molecule has 102 valence electrons. The van der Waals surface area contributed by atoms with Gasteiger partial charge in [-0.25, -0.2) is 4.98 Å². The quantitative estimate of drug-likeness (QED) is 0.759. The van der Waals surface area contributed by atoms with Crippen molar-refractivity contribution in [3.8, 4) is 5.95 Å². The fourth-order valence-corrected chi connectivity index (χ4v) is 1.63. The van der Waals surface area contributed by atoms with Gasteiger partial charge in [0.2, 0.25) is 23.1 Å². The summed E-state index contributed by atoms with van der Waals surface area (Å²) >= 11 is 5.87. The number of hydrogen-bond donors (Lipinski definition) is 1. The van der Waals surface area contributed by atoms with Crippen LogP contribution < -0.4 is 5.32 Å². The minimum absolute atomic E-state index is 0.0768. The molecule has 0 unspecified atom stereocenters. The topological polar surface area (TPSA) is 107 Å². The summed E-state index contributed by atoms with van der Waals surface area (Å²) in [6.45, 7) is 2.04. The molecule has 20 heavy (non-hydrogen) atoms. The molecule has 0 saturated carbocycles. The van der Waals surface area contributed by atoms with Gasteiger partial charge in [0.05, 0.1) is 6.54 Å². The Morgan fingerprint density at radius 1 is 1.30 bits per heavy atom. The molecule has 9 nitrogen and oxygen atoms in total. The molecule has 3 aromatic rings. The minimum Gasteiger partial charge on any atom is -0.345 e. The monoisotopic (exact) mass is 292 g/mol. The zero-order chi connectivity index (χ0) is 13.9. The minimum atomic E-state index is 0.0768. The Hall–Kier alpha value is -2.55. The summed E-state index contributed by atoms with van der Waals surface area (Å²) in [5.74, 6) is 1.68. The fraction of sp³-hybridized carbons (Fsp3) is 0.200. The van der Waals surface area contributed by atoms with Gasteiger partial charge >= 0.3 is 0 Å². The van der Waals surface area contributed by atoms with Crippen LogP contribution in [0.3, 0.4) is 0 Å². The molecule has 0 aliphatic heterocycles. The molecule has 0 radical (unpaired) electrons. The van der Waals surface area contributed by atoms with Crippen molar-refractivity contribution in [3.05, 3.63) is 35.7 Å². The molecule has 3 heterocycles. The summed E-state index contributed by atoms with van der Waals surface area (Å²) in [7, 11) is 0. The van der Waals surface area contributed by atoms with Crippen LogP contribution in [0.15, 0.2) is 23.2 Å². The number of nitrogens with one attached hydrogen (secondary N) is 1. The van der Waals surface area contributed by atoms with Crippen LogP contribution in [0.4, 0.5) is 5.95 Å². The number of aromatic nitrogens is 7. The van der Waals surface area contributed by atoms with Crippen molar-refractivity contribution in [2.24, 2.45) is 0 Å². The second-order valence-corrected chi connectivity index (χ2v) is 4.12. The average Bonchev–Trinajstić information content (AvgIpc) is 3.07. The first-order valence-electron chi connectivity index (χ1n) is 5.63. The molecule has 10 heteroatoms. The number of anilines is 1. The van der Waals surface area contributed by atoms with Crippen LogP contribution in [0.1, 0.15) is 11.7 Å². The van der Waals surface area contributed by atoms with Crippen LogP contribution in [0, 0.1) is 6.92 Å². The van der Waals surface area contributed by atoms with Gasteiger partial charge in [0.15, 0.2) is 5.82 Å². The lowest BCUT2D eigenvalue weighted by atomic mass is 10.6. The number of nitrogens with zero attached hydrogens (tertiary/aromatic N) is 7. The van der Waals surface area contributed by atoms with E-state index in [2.05, 4.69) is 35.4 Å². The largest absolute Gasteiger partial charge is 0.345 e. The molecular formula is C10H9ClN8O. The van der Waals surface area contributed by atoms with E-state index in [1.165, 1.54) is 0 Å². The first kappa shape index (κ1) is 12.5. The molecule has 0 spiro atoms.